The molecule has 2 amide bonds. The number of likely N-dealkylation sites (tertiary alicyclic amines) is 2. The number of piperidine rings is 2. The van der Waals surface area contributed by atoms with Crippen molar-refractivity contribution in [2.24, 2.45) is 11.8 Å². The molecule has 0 saturated carbocycles. The number of carbonyl (C=O) groups is 2. The fourth-order valence-electron chi connectivity index (χ4n) is 3.54. The van der Waals surface area contributed by atoms with Crippen molar-refractivity contribution in [1.82, 2.24) is 9.80 Å². The van der Waals surface area contributed by atoms with Crippen LogP contribution in [-0.4, -0.2) is 47.8 Å². The van der Waals surface area contributed by atoms with Gasteiger partial charge in [0.15, 0.2) is 0 Å². The molecule has 0 aromatic rings. The topological polar surface area (TPSA) is 40.6 Å². The van der Waals surface area contributed by atoms with Crippen LogP contribution in [0.15, 0.2) is 0 Å². The van der Waals surface area contributed by atoms with Crippen LogP contribution in [0.5, 0.6) is 0 Å². The summed E-state index contributed by atoms with van der Waals surface area (Å²) in [6, 6.07) is 0. The van der Waals surface area contributed by atoms with Crippen molar-refractivity contribution in [3.63, 3.8) is 0 Å². The minimum absolute atomic E-state index is 0.237. The molecular formula is C17H30N2O2. The lowest BCUT2D eigenvalue weighted by Crippen LogP contribution is -2.40. The number of amides is 2. The van der Waals surface area contributed by atoms with E-state index in [-0.39, 0.29) is 11.8 Å². The first-order valence-electron chi connectivity index (χ1n) is 8.62. The van der Waals surface area contributed by atoms with Crippen LogP contribution in [0, 0.1) is 11.8 Å². The number of hydrogen-bond acceptors (Lipinski definition) is 2. The summed E-state index contributed by atoms with van der Waals surface area (Å²) in [5.74, 6) is 1.72. The molecule has 120 valence electrons. The lowest BCUT2D eigenvalue weighted by Gasteiger charge is -2.32. The van der Waals surface area contributed by atoms with Crippen LogP contribution in [-0.2, 0) is 9.59 Å². The molecule has 0 unspecified atom stereocenters. The summed E-state index contributed by atoms with van der Waals surface area (Å²) in [7, 11) is 0. The third-order valence-corrected chi connectivity index (χ3v) is 4.80. The largest absolute Gasteiger partial charge is 0.342 e. The number of rotatable bonds is 4. The maximum absolute atomic E-state index is 12.2. The van der Waals surface area contributed by atoms with E-state index < -0.39 is 0 Å². The molecule has 2 rings (SSSR count). The van der Waals surface area contributed by atoms with Crippen LogP contribution < -0.4 is 0 Å². The van der Waals surface area contributed by atoms with Crippen LogP contribution >= 0.6 is 0 Å². The predicted molar refractivity (Wildman–Crippen MR) is 83.8 cm³/mol. The zero-order valence-corrected chi connectivity index (χ0v) is 13.6. The van der Waals surface area contributed by atoms with Gasteiger partial charge in [-0.3, -0.25) is 9.59 Å². The molecule has 2 aliphatic rings. The van der Waals surface area contributed by atoms with Gasteiger partial charge < -0.3 is 9.80 Å². The first-order valence-corrected chi connectivity index (χ1v) is 8.62. The van der Waals surface area contributed by atoms with Gasteiger partial charge in [0.25, 0.3) is 0 Å². The first kappa shape index (κ1) is 16.3. The summed E-state index contributed by atoms with van der Waals surface area (Å²) in [5.41, 5.74) is 0. The van der Waals surface area contributed by atoms with E-state index in [1.165, 1.54) is 12.8 Å². The monoisotopic (exact) mass is 294 g/mol. The lowest BCUT2D eigenvalue weighted by atomic mass is 9.99. The van der Waals surface area contributed by atoms with E-state index in [1.54, 1.807) is 0 Å². The maximum Gasteiger partial charge on any atom is 0.222 e. The van der Waals surface area contributed by atoms with E-state index in [4.69, 9.17) is 0 Å². The zero-order chi connectivity index (χ0) is 15.2. The zero-order valence-electron chi connectivity index (χ0n) is 13.6. The second kappa shape index (κ2) is 7.81. The predicted octanol–water partition coefficient (Wildman–Crippen LogP) is 2.67. The van der Waals surface area contributed by atoms with E-state index in [0.717, 1.165) is 39.0 Å². The highest BCUT2D eigenvalue weighted by atomic mass is 16.2. The molecule has 0 bridgehead atoms. The summed E-state index contributed by atoms with van der Waals surface area (Å²) in [4.78, 5) is 28.3. The van der Waals surface area contributed by atoms with E-state index in [9.17, 15) is 9.59 Å². The normalized spacial score (nSPS) is 26.8. The highest BCUT2D eigenvalue weighted by Gasteiger charge is 2.23. The molecule has 0 radical (unpaired) electrons. The van der Waals surface area contributed by atoms with Crippen molar-refractivity contribution >= 4 is 11.8 Å². The van der Waals surface area contributed by atoms with Crippen LogP contribution in [0.3, 0.4) is 0 Å². The highest BCUT2D eigenvalue weighted by Crippen LogP contribution is 2.18. The Kier molecular flexibility index (Phi) is 6.07. The Hall–Kier alpha value is -1.06. The summed E-state index contributed by atoms with van der Waals surface area (Å²) in [6.45, 7) is 8.02. The van der Waals surface area contributed by atoms with Gasteiger partial charge in [-0.1, -0.05) is 13.8 Å². The van der Waals surface area contributed by atoms with Crippen molar-refractivity contribution < 1.29 is 9.59 Å². The second-order valence-electron chi connectivity index (χ2n) is 7.03. The average Bonchev–Trinajstić information content (AvgIpc) is 2.47. The van der Waals surface area contributed by atoms with Gasteiger partial charge >= 0.3 is 0 Å². The molecule has 2 saturated heterocycles. The molecule has 0 N–H and O–H groups in total. The van der Waals surface area contributed by atoms with Gasteiger partial charge in [0.05, 0.1) is 0 Å². The molecule has 2 aliphatic heterocycles. The standard InChI is InChI=1S/C17H30N2O2/c1-14-6-4-10-18(12-14)16(20)8-3-9-17(21)19-11-5-7-15(2)13-19/h14-15H,3-13H2,1-2H3/t14-,15+. The van der Waals surface area contributed by atoms with Gasteiger partial charge in [-0.25, -0.2) is 0 Å². The maximum atomic E-state index is 12.2. The lowest BCUT2D eigenvalue weighted by molar-refractivity contribution is -0.134. The molecule has 0 aromatic carbocycles. The van der Waals surface area contributed by atoms with Gasteiger partial charge in [-0.05, 0) is 43.9 Å². The molecule has 2 heterocycles. The Labute approximate surface area is 128 Å². The van der Waals surface area contributed by atoms with Gasteiger partial charge in [-0.2, -0.15) is 0 Å². The Bertz CT molecular complexity index is 336. The Morgan fingerprint density at radius 3 is 1.67 bits per heavy atom. The minimum Gasteiger partial charge on any atom is -0.342 e. The van der Waals surface area contributed by atoms with E-state index in [0.29, 0.717) is 31.1 Å². The fraction of sp³-hybridized carbons (Fsp3) is 0.882. The molecule has 4 nitrogen and oxygen atoms in total. The van der Waals surface area contributed by atoms with Crippen molar-refractivity contribution in [1.29, 1.82) is 0 Å². The summed E-state index contributed by atoms with van der Waals surface area (Å²) >= 11 is 0. The molecule has 2 atom stereocenters. The van der Waals surface area contributed by atoms with Gasteiger partial charge in [-0.15, -0.1) is 0 Å². The second-order valence-corrected chi connectivity index (χ2v) is 7.03. The van der Waals surface area contributed by atoms with Gasteiger partial charge in [0.1, 0.15) is 0 Å². The molecular weight excluding hydrogens is 264 g/mol. The fourth-order valence-corrected chi connectivity index (χ4v) is 3.54. The average molecular weight is 294 g/mol. The Morgan fingerprint density at radius 1 is 0.857 bits per heavy atom. The van der Waals surface area contributed by atoms with Crippen LogP contribution in [0.2, 0.25) is 0 Å². The van der Waals surface area contributed by atoms with Crippen LogP contribution in [0.25, 0.3) is 0 Å². The quantitative estimate of drug-likeness (QED) is 0.800. The number of carbonyl (C=O) groups excluding carboxylic acids is 2. The summed E-state index contributed by atoms with van der Waals surface area (Å²) in [6.07, 6.45) is 6.47. The van der Waals surface area contributed by atoms with Crippen LogP contribution in [0.1, 0.15) is 58.8 Å². The summed E-state index contributed by atoms with van der Waals surface area (Å²) < 4.78 is 0. The first-order chi connectivity index (χ1) is 10.1. The molecule has 0 aromatic heterocycles. The van der Waals surface area contributed by atoms with Crippen molar-refractivity contribution in [2.45, 2.75) is 58.8 Å². The molecule has 0 spiro atoms. The Balaban J connectivity index is 1.66. The third-order valence-electron chi connectivity index (χ3n) is 4.80. The van der Waals surface area contributed by atoms with Crippen LogP contribution in [0.4, 0.5) is 0 Å². The molecule has 0 aliphatic carbocycles. The molecule has 4 heteroatoms. The van der Waals surface area contributed by atoms with Crippen molar-refractivity contribution in [3.8, 4) is 0 Å². The van der Waals surface area contributed by atoms with Crippen molar-refractivity contribution in [2.75, 3.05) is 26.2 Å². The van der Waals surface area contributed by atoms with Crippen molar-refractivity contribution in [3.05, 3.63) is 0 Å². The minimum atomic E-state index is 0.237. The highest BCUT2D eigenvalue weighted by molar-refractivity contribution is 5.79. The molecule has 2 fully saturated rings. The Morgan fingerprint density at radius 2 is 1.29 bits per heavy atom. The third kappa shape index (κ3) is 5.01. The van der Waals surface area contributed by atoms with E-state index in [2.05, 4.69) is 13.8 Å². The van der Waals surface area contributed by atoms with Gasteiger partial charge in [0.2, 0.25) is 11.8 Å². The molecule has 21 heavy (non-hydrogen) atoms. The van der Waals surface area contributed by atoms with E-state index >= 15 is 0 Å². The summed E-state index contributed by atoms with van der Waals surface area (Å²) in [5, 5.41) is 0. The smallest absolute Gasteiger partial charge is 0.222 e. The van der Waals surface area contributed by atoms with Gasteiger partial charge in [0, 0.05) is 39.0 Å². The number of nitrogens with zero attached hydrogens (tertiary/aromatic N) is 2. The SMILES string of the molecule is C[C@@H]1CCCN(C(=O)CCCC(=O)N2CCC[C@H](C)C2)C1. The number of hydrogen-bond donors (Lipinski definition) is 0. The van der Waals surface area contributed by atoms with E-state index in [1.807, 2.05) is 9.80 Å².